The SMILES string of the molecule is O=S([O-])S(=O)(=O)S(=O)(=O)O. The molecule has 1 atom stereocenters. The first-order valence-corrected chi connectivity index (χ1v) is 6.55. The monoisotopic (exact) mass is 209 g/mol. The van der Waals surface area contributed by atoms with Crippen molar-refractivity contribution in [1.82, 2.24) is 0 Å². The van der Waals surface area contributed by atoms with E-state index in [1.165, 1.54) is 0 Å². The summed E-state index contributed by atoms with van der Waals surface area (Å²) in [5.41, 5.74) is 0. The van der Waals surface area contributed by atoms with Crippen LogP contribution in [0, 0.1) is 0 Å². The van der Waals surface area contributed by atoms with Crippen molar-refractivity contribution in [2.24, 2.45) is 0 Å². The molecule has 7 nitrogen and oxygen atoms in total. The van der Waals surface area contributed by atoms with E-state index in [4.69, 9.17) is 4.55 Å². The molecule has 0 radical (unpaired) electrons. The van der Waals surface area contributed by atoms with Gasteiger partial charge < -0.3 is 4.55 Å². The lowest BCUT2D eigenvalue weighted by Crippen LogP contribution is -2.18. The molecule has 0 spiro atoms. The second-order valence-corrected chi connectivity index (χ2v) is 8.47. The molecule has 62 valence electrons. The first kappa shape index (κ1) is 9.97. The Kier molecular flexibility index (Phi) is 2.53. The summed E-state index contributed by atoms with van der Waals surface area (Å²) in [7, 11) is -14.9. The van der Waals surface area contributed by atoms with Gasteiger partial charge in [0.2, 0.25) is 0 Å². The normalized spacial score (nSPS) is 16.6. The molecule has 0 fully saturated rings. The largest absolute Gasteiger partial charge is 0.759 e. The third-order valence-corrected chi connectivity index (χ3v) is 6.37. The van der Waals surface area contributed by atoms with Crippen LogP contribution in [-0.4, -0.2) is 30.1 Å². The Morgan fingerprint density at radius 1 is 1.20 bits per heavy atom. The fourth-order valence-corrected chi connectivity index (χ4v) is 1.90. The quantitative estimate of drug-likeness (QED) is 0.316. The van der Waals surface area contributed by atoms with Crippen LogP contribution in [-0.2, 0) is 27.2 Å². The maximum Gasteiger partial charge on any atom is 0.383 e. The highest BCUT2D eigenvalue weighted by molar-refractivity contribution is 8.95. The Hall–Kier alpha value is -0.0300. The minimum Gasteiger partial charge on any atom is -0.759 e. The molecule has 0 heterocycles. The summed E-state index contributed by atoms with van der Waals surface area (Å²) >= 11 is 0. The molecule has 10 heteroatoms. The fraction of sp³-hybridized carbons (Fsp3) is 0. The van der Waals surface area contributed by atoms with E-state index in [1.807, 2.05) is 0 Å². The Morgan fingerprint density at radius 2 is 1.50 bits per heavy atom. The molecule has 1 N–H and O–H groups in total. The molecular weight excluding hydrogens is 208 g/mol. The zero-order valence-corrected chi connectivity index (χ0v) is 6.57. The van der Waals surface area contributed by atoms with E-state index in [9.17, 15) is 25.6 Å². The molecule has 0 aliphatic rings. The standard InChI is InChI=1S/H2O7S3/c1-8(2)10(6,7)9(3,4)5/h(H,1,2)(H,3,4,5)/p-1. The molecule has 0 aromatic carbocycles. The second kappa shape index (κ2) is 2.54. The molecular formula is HO7S3-. The third-order valence-electron chi connectivity index (χ3n) is 0.425. The van der Waals surface area contributed by atoms with Crippen LogP contribution in [0.2, 0.25) is 0 Å². The summed E-state index contributed by atoms with van der Waals surface area (Å²) in [6.45, 7) is 0. The predicted molar refractivity (Wildman–Crippen MR) is 29.4 cm³/mol. The predicted octanol–water partition coefficient (Wildman–Crippen LogP) is -2.00. The summed E-state index contributed by atoms with van der Waals surface area (Å²) in [5, 5.41) is 0. The van der Waals surface area contributed by atoms with Crippen LogP contribution in [0.3, 0.4) is 0 Å². The van der Waals surface area contributed by atoms with E-state index >= 15 is 0 Å². The van der Waals surface area contributed by atoms with E-state index in [0.29, 0.717) is 0 Å². The van der Waals surface area contributed by atoms with Crippen molar-refractivity contribution in [3.05, 3.63) is 0 Å². The Morgan fingerprint density at radius 3 is 1.50 bits per heavy atom. The zero-order valence-electron chi connectivity index (χ0n) is 4.12. The van der Waals surface area contributed by atoms with Crippen molar-refractivity contribution in [1.29, 1.82) is 0 Å². The van der Waals surface area contributed by atoms with Gasteiger partial charge in [-0.25, -0.2) is 0 Å². The van der Waals surface area contributed by atoms with Crippen LogP contribution in [0.5, 0.6) is 0 Å². The highest BCUT2D eigenvalue weighted by atomic mass is 33.6. The van der Waals surface area contributed by atoms with Crippen molar-refractivity contribution in [3.63, 3.8) is 0 Å². The molecule has 0 aromatic heterocycles. The first-order chi connectivity index (χ1) is 4.19. The van der Waals surface area contributed by atoms with Crippen molar-refractivity contribution in [2.45, 2.75) is 0 Å². The van der Waals surface area contributed by atoms with Gasteiger partial charge in [0.1, 0.15) is 0 Å². The van der Waals surface area contributed by atoms with Gasteiger partial charge in [0.05, 0.1) is 10.1 Å². The molecule has 0 bridgehead atoms. The summed E-state index contributed by atoms with van der Waals surface area (Å²) in [6.07, 6.45) is 0. The van der Waals surface area contributed by atoms with Crippen LogP contribution >= 0.6 is 0 Å². The molecule has 0 saturated heterocycles. The van der Waals surface area contributed by atoms with Crippen LogP contribution in [0.1, 0.15) is 0 Å². The van der Waals surface area contributed by atoms with E-state index in [1.54, 1.807) is 0 Å². The minimum absolute atomic E-state index is 3.86. The van der Waals surface area contributed by atoms with Gasteiger partial charge in [-0.05, 0) is 0 Å². The van der Waals surface area contributed by atoms with Crippen LogP contribution in [0.25, 0.3) is 0 Å². The summed E-state index contributed by atoms with van der Waals surface area (Å²) < 4.78 is 65.9. The molecule has 10 heavy (non-hydrogen) atoms. The van der Waals surface area contributed by atoms with Gasteiger partial charge in [0.25, 0.3) is 0 Å². The molecule has 1 unspecified atom stereocenters. The third kappa shape index (κ3) is 1.73. The lowest BCUT2D eigenvalue weighted by Gasteiger charge is -2.00. The number of rotatable bonds is 2. The fourth-order valence-electron chi connectivity index (χ4n) is 0.0702. The minimum atomic E-state index is -5.54. The molecule has 0 rings (SSSR count). The molecule has 0 amide bonds. The smallest absolute Gasteiger partial charge is 0.383 e. The first-order valence-electron chi connectivity index (χ1n) is 1.52. The summed E-state index contributed by atoms with van der Waals surface area (Å²) in [4.78, 5) is 0. The van der Waals surface area contributed by atoms with Crippen molar-refractivity contribution >= 4 is 27.2 Å². The van der Waals surface area contributed by atoms with E-state index in [-0.39, 0.29) is 0 Å². The van der Waals surface area contributed by atoms with Crippen molar-refractivity contribution in [2.75, 3.05) is 0 Å². The van der Waals surface area contributed by atoms with Gasteiger partial charge in [0.15, 0.2) is 0 Å². The Balaban J connectivity index is 5.43. The van der Waals surface area contributed by atoms with Gasteiger partial charge in [0, 0.05) is 0 Å². The average Bonchev–Trinajstić information content (AvgIpc) is 1.62. The summed E-state index contributed by atoms with van der Waals surface area (Å²) in [6, 6.07) is 0. The van der Waals surface area contributed by atoms with E-state index in [2.05, 4.69) is 0 Å². The van der Waals surface area contributed by atoms with Crippen LogP contribution in [0.15, 0.2) is 0 Å². The second-order valence-electron chi connectivity index (χ2n) is 1.04. The highest BCUT2D eigenvalue weighted by Crippen LogP contribution is 2.02. The van der Waals surface area contributed by atoms with Crippen LogP contribution < -0.4 is 0 Å². The van der Waals surface area contributed by atoms with Gasteiger partial charge in [-0.3, -0.25) is 8.76 Å². The average molecular weight is 209 g/mol. The van der Waals surface area contributed by atoms with Gasteiger partial charge in [-0.15, -0.1) is 0 Å². The van der Waals surface area contributed by atoms with E-state index < -0.39 is 27.2 Å². The molecule has 0 aliphatic carbocycles. The zero-order chi connectivity index (χ0) is 8.58. The maximum atomic E-state index is 9.90. The van der Waals surface area contributed by atoms with Gasteiger partial charge in [-0.2, -0.15) is 16.8 Å². The molecule has 0 saturated carbocycles. The van der Waals surface area contributed by atoms with Gasteiger partial charge in [-0.1, -0.05) is 0 Å². The number of hydrogen-bond donors (Lipinski definition) is 1. The molecule has 0 aliphatic heterocycles. The topological polar surface area (TPSA) is 129 Å². The highest BCUT2D eigenvalue weighted by Gasteiger charge is 2.28. The van der Waals surface area contributed by atoms with Crippen molar-refractivity contribution in [3.8, 4) is 0 Å². The lowest BCUT2D eigenvalue weighted by molar-refractivity contribution is 0.493. The van der Waals surface area contributed by atoms with E-state index in [0.717, 1.165) is 0 Å². The van der Waals surface area contributed by atoms with Gasteiger partial charge >= 0.3 is 17.1 Å². The lowest BCUT2D eigenvalue weighted by atomic mass is 15.9. The Bertz CT molecular complexity index is 325. The van der Waals surface area contributed by atoms with Crippen molar-refractivity contribution < 1.29 is 30.1 Å². The molecule has 0 aromatic rings. The van der Waals surface area contributed by atoms with Crippen LogP contribution in [0.4, 0.5) is 0 Å². The Labute approximate surface area is 57.8 Å². The maximum absolute atomic E-state index is 9.90. The number of hydrogen-bond acceptors (Lipinski definition) is 6. The summed E-state index contributed by atoms with van der Waals surface area (Å²) in [5.74, 6) is 0.